The summed E-state index contributed by atoms with van der Waals surface area (Å²) in [5, 5.41) is 9.59. The number of aryl methyl sites for hydroxylation is 1. The highest BCUT2D eigenvalue weighted by atomic mass is 19.1. The Morgan fingerprint density at radius 1 is 1.11 bits per heavy atom. The summed E-state index contributed by atoms with van der Waals surface area (Å²) in [6.45, 7) is 3.49. The van der Waals surface area contributed by atoms with Crippen molar-refractivity contribution in [2.45, 2.75) is 20.0 Å². The molecule has 0 saturated heterocycles. The fourth-order valence-electron chi connectivity index (χ4n) is 1.74. The van der Waals surface area contributed by atoms with E-state index < -0.39 is 11.9 Å². The molecule has 2 nitrogen and oxygen atoms in total. The van der Waals surface area contributed by atoms with E-state index in [4.69, 9.17) is 4.74 Å². The molecule has 1 N–H and O–H groups in total. The van der Waals surface area contributed by atoms with Gasteiger partial charge in [-0.3, -0.25) is 0 Å². The highest BCUT2D eigenvalue weighted by Gasteiger charge is 2.15. The SMILES string of the molecule is Cc1ccc(Oc2cccc(F)c2[C@H](C)O)cc1. The Labute approximate surface area is 106 Å². The van der Waals surface area contributed by atoms with Crippen molar-refractivity contribution in [1.82, 2.24) is 0 Å². The standard InChI is InChI=1S/C15H15FO2/c1-10-6-8-12(9-7-10)18-14-5-3-4-13(16)15(14)11(2)17/h3-9,11,17H,1-2H3/t11-/m0/s1. The molecule has 1 atom stereocenters. The van der Waals surface area contributed by atoms with Gasteiger partial charge in [-0.15, -0.1) is 0 Å². The summed E-state index contributed by atoms with van der Waals surface area (Å²) >= 11 is 0. The van der Waals surface area contributed by atoms with Crippen LogP contribution in [0.5, 0.6) is 11.5 Å². The molecule has 2 rings (SSSR count). The smallest absolute Gasteiger partial charge is 0.136 e. The largest absolute Gasteiger partial charge is 0.457 e. The Hall–Kier alpha value is -1.87. The first-order chi connectivity index (χ1) is 8.58. The molecular formula is C15H15FO2. The number of halogens is 1. The van der Waals surface area contributed by atoms with Gasteiger partial charge in [0.05, 0.1) is 11.7 Å². The van der Waals surface area contributed by atoms with Crippen molar-refractivity contribution < 1.29 is 14.2 Å². The van der Waals surface area contributed by atoms with Crippen LogP contribution < -0.4 is 4.74 Å². The molecule has 0 aliphatic heterocycles. The maximum atomic E-state index is 13.6. The average molecular weight is 246 g/mol. The lowest BCUT2D eigenvalue weighted by molar-refractivity contribution is 0.190. The minimum absolute atomic E-state index is 0.179. The molecule has 2 aromatic rings. The first kappa shape index (κ1) is 12.6. The first-order valence-electron chi connectivity index (χ1n) is 5.79. The molecule has 0 spiro atoms. The second kappa shape index (κ2) is 5.19. The van der Waals surface area contributed by atoms with E-state index in [1.54, 1.807) is 12.1 Å². The van der Waals surface area contributed by atoms with Gasteiger partial charge in [0.25, 0.3) is 0 Å². The molecule has 0 bridgehead atoms. The van der Waals surface area contributed by atoms with E-state index in [-0.39, 0.29) is 5.56 Å². The summed E-state index contributed by atoms with van der Waals surface area (Å²) in [7, 11) is 0. The molecule has 0 saturated carbocycles. The Morgan fingerprint density at radius 2 is 1.78 bits per heavy atom. The van der Waals surface area contributed by atoms with E-state index in [0.29, 0.717) is 11.5 Å². The third-order valence-corrected chi connectivity index (χ3v) is 2.68. The van der Waals surface area contributed by atoms with Crippen LogP contribution in [0.1, 0.15) is 24.2 Å². The quantitative estimate of drug-likeness (QED) is 0.887. The van der Waals surface area contributed by atoms with Crippen LogP contribution in [-0.4, -0.2) is 5.11 Å². The van der Waals surface area contributed by atoms with Crippen LogP contribution in [0.4, 0.5) is 4.39 Å². The monoisotopic (exact) mass is 246 g/mol. The predicted molar refractivity (Wildman–Crippen MR) is 68.3 cm³/mol. The van der Waals surface area contributed by atoms with Crippen LogP contribution in [0.15, 0.2) is 42.5 Å². The molecule has 0 aliphatic carbocycles. The van der Waals surface area contributed by atoms with E-state index in [9.17, 15) is 9.50 Å². The Balaban J connectivity index is 2.34. The molecule has 0 amide bonds. The van der Waals surface area contributed by atoms with Gasteiger partial charge >= 0.3 is 0 Å². The molecule has 0 radical (unpaired) electrons. The van der Waals surface area contributed by atoms with Crippen LogP contribution >= 0.6 is 0 Å². The summed E-state index contributed by atoms with van der Waals surface area (Å²) in [6.07, 6.45) is -0.911. The normalized spacial score (nSPS) is 12.2. The molecule has 94 valence electrons. The molecule has 2 aromatic carbocycles. The molecule has 0 aliphatic rings. The molecule has 0 unspecified atom stereocenters. The zero-order chi connectivity index (χ0) is 13.1. The Morgan fingerprint density at radius 3 is 2.39 bits per heavy atom. The van der Waals surface area contributed by atoms with Crippen molar-refractivity contribution in [2.75, 3.05) is 0 Å². The molecule has 0 aromatic heterocycles. The summed E-state index contributed by atoms with van der Waals surface area (Å²) in [6, 6.07) is 12.0. The minimum Gasteiger partial charge on any atom is -0.457 e. The van der Waals surface area contributed by atoms with Gasteiger partial charge in [-0.05, 0) is 38.1 Å². The number of aliphatic hydroxyl groups excluding tert-OH is 1. The Bertz CT molecular complexity index is 533. The lowest BCUT2D eigenvalue weighted by Gasteiger charge is -2.14. The Kier molecular flexibility index (Phi) is 3.63. The topological polar surface area (TPSA) is 29.5 Å². The molecule has 18 heavy (non-hydrogen) atoms. The van der Waals surface area contributed by atoms with Crippen LogP contribution in [0.3, 0.4) is 0 Å². The highest BCUT2D eigenvalue weighted by molar-refractivity contribution is 5.40. The third kappa shape index (κ3) is 2.68. The lowest BCUT2D eigenvalue weighted by atomic mass is 10.1. The highest BCUT2D eigenvalue weighted by Crippen LogP contribution is 2.31. The van der Waals surface area contributed by atoms with Gasteiger partial charge in [-0.2, -0.15) is 0 Å². The second-order valence-electron chi connectivity index (χ2n) is 4.24. The molecule has 3 heteroatoms. The number of ether oxygens (including phenoxy) is 1. The van der Waals surface area contributed by atoms with Gasteiger partial charge in [-0.25, -0.2) is 4.39 Å². The summed E-state index contributed by atoms with van der Waals surface area (Å²) in [5.41, 5.74) is 1.30. The van der Waals surface area contributed by atoms with Crippen molar-refractivity contribution in [3.63, 3.8) is 0 Å². The van der Waals surface area contributed by atoms with Crippen molar-refractivity contribution in [3.8, 4) is 11.5 Å². The zero-order valence-electron chi connectivity index (χ0n) is 10.4. The fourth-order valence-corrected chi connectivity index (χ4v) is 1.74. The predicted octanol–water partition coefficient (Wildman–Crippen LogP) is 3.98. The number of hydrogen-bond donors (Lipinski definition) is 1. The van der Waals surface area contributed by atoms with Gasteiger partial charge in [0.15, 0.2) is 0 Å². The summed E-state index contributed by atoms with van der Waals surface area (Å²) in [5.74, 6) is 0.497. The average Bonchev–Trinajstić information content (AvgIpc) is 2.32. The van der Waals surface area contributed by atoms with Crippen molar-refractivity contribution >= 4 is 0 Å². The van der Waals surface area contributed by atoms with Gasteiger partial charge in [0, 0.05) is 0 Å². The maximum Gasteiger partial charge on any atom is 0.136 e. The summed E-state index contributed by atoms with van der Waals surface area (Å²) < 4.78 is 19.2. The van der Waals surface area contributed by atoms with E-state index in [0.717, 1.165) is 5.56 Å². The molecule has 0 fully saturated rings. The van der Waals surface area contributed by atoms with E-state index in [1.807, 2.05) is 31.2 Å². The fraction of sp³-hybridized carbons (Fsp3) is 0.200. The number of benzene rings is 2. The van der Waals surface area contributed by atoms with Crippen molar-refractivity contribution in [2.24, 2.45) is 0 Å². The van der Waals surface area contributed by atoms with E-state index >= 15 is 0 Å². The van der Waals surface area contributed by atoms with Crippen LogP contribution in [0.2, 0.25) is 0 Å². The summed E-state index contributed by atoms with van der Waals surface area (Å²) in [4.78, 5) is 0. The third-order valence-electron chi connectivity index (χ3n) is 2.68. The van der Waals surface area contributed by atoms with Crippen LogP contribution in [-0.2, 0) is 0 Å². The van der Waals surface area contributed by atoms with Gasteiger partial charge in [-0.1, -0.05) is 23.8 Å². The first-order valence-corrected chi connectivity index (χ1v) is 5.79. The van der Waals surface area contributed by atoms with Crippen molar-refractivity contribution in [3.05, 3.63) is 59.4 Å². The van der Waals surface area contributed by atoms with E-state index in [1.165, 1.54) is 13.0 Å². The van der Waals surface area contributed by atoms with Gasteiger partial charge in [0.2, 0.25) is 0 Å². The molecule has 0 heterocycles. The minimum atomic E-state index is -0.911. The van der Waals surface area contributed by atoms with Crippen molar-refractivity contribution in [1.29, 1.82) is 0 Å². The molecular weight excluding hydrogens is 231 g/mol. The second-order valence-corrected chi connectivity index (χ2v) is 4.24. The lowest BCUT2D eigenvalue weighted by Crippen LogP contribution is -1.99. The number of hydrogen-bond acceptors (Lipinski definition) is 2. The maximum absolute atomic E-state index is 13.6. The van der Waals surface area contributed by atoms with E-state index in [2.05, 4.69) is 0 Å². The van der Waals surface area contributed by atoms with Crippen LogP contribution in [0, 0.1) is 12.7 Å². The van der Waals surface area contributed by atoms with Gasteiger partial charge in [0.1, 0.15) is 17.3 Å². The zero-order valence-corrected chi connectivity index (χ0v) is 10.4. The van der Waals surface area contributed by atoms with Crippen LogP contribution in [0.25, 0.3) is 0 Å². The number of rotatable bonds is 3. The van der Waals surface area contributed by atoms with Gasteiger partial charge < -0.3 is 9.84 Å². The number of aliphatic hydroxyl groups is 1.